The van der Waals surface area contributed by atoms with Crippen molar-refractivity contribution in [2.75, 3.05) is 26.5 Å². The number of carbonyl (C=O) groups excluding carboxylic acids is 1. The average molecular weight is 419 g/mol. The zero-order chi connectivity index (χ0) is 21.1. The average Bonchev–Trinajstić information content (AvgIpc) is 3.22. The molecule has 1 atom stereocenters. The standard InChI is InChI=1S/C18H17N3O7S/c1-27-15-4-3-11(9-16(15)28-2)18-19(5-6-29-18)17(22)12-7-13(20(23)24)10-14(8-12)21(25)26/h3-4,7-10,18H,5-6H2,1-2H3. The smallest absolute Gasteiger partial charge is 0.277 e. The summed E-state index contributed by atoms with van der Waals surface area (Å²) in [6, 6.07) is 8.25. The second-order valence-corrected chi connectivity index (χ2v) is 7.28. The van der Waals surface area contributed by atoms with Gasteiger partial charge in [0.15, 0.2) is 11.5 Å². The Bertz CT molecular complexity index is 950. The summed E-state index contributed by atoms with van der Waals surface area (Å²) in [5.74, 6) is 1.20. The van der Waals surface area contributed by atoms with Crippen molar-refractivity contribution in [3.8, 4) is 11.5 Å². The van der Waals surface area contributed by atoms with Crippen LogP contribution in [0.5, 0.6) is 11.5 Å². The molecule has 11 heteroatoms. The van der Waals surface area contributed by atoms with Crippen molar-refractivity contribution in [2.45, 2.75) is 5.37 Å². The number of nitrogens with zero attached hydrogens (tertiary/aromatic N) is 3. The molecular weight excluding hydrogens is 402 g/mol. The molecule has 1 fully saturated rings. The van der Waals surface area contributed by atoms with Crippen LogP contribution in [0.25, 0.3) is 0 Å². The van der Waals surface area contributed by atoms with Gasteiger partial charge in [0.05, 0.1) is 35.7 Å². The van der Waals surface area contributed by atoms with Gasteiger partial charge in [-0.25, -0.2) is 0 Å². The van der Waals surface area contributed by atoms with Crippen molar-refractivity contribution >= 4 is 29.0 Å². The lowest BCUT2D eigenvalue weighted by Gasteiger charge is -2.24. The first-order valence-corrected chi connectivity index (χ1v) is 9.49. The number of amides is 1. The van der Waals surface area contributed by atoms with Crippen LogP contribution in [0.1, 0.15) is 21.3 Å². The SMILES string of the molecule is COc1ccc(C2SCCN2C(=O)c2cc([N+](=O)[O-])cc([N+](=O)[O-])c2)cc1OC. The zero-order valence-corrected chi connectivity index (χ0v) is 16.4. The first kappa shape index (κ1) is 20.4. The Morgan fingerprint density at radius 1 is 1.03 bits per heavy atom. The minimum absolute atomic E-state index is 0.0983. The molecule has 1 unspecified atom stereocenters. The van der Waals surface area contributed by atoms with Crippen molar-refractivity contribution in [3.05, 3.63) is 67.8 Å². The van der Waals surface area contributed by atoms with Crippen LogP contribution in [0.15, 0.2) is 36.4 Å². The van der Waals surface area contributed by atoms with Gasteiger partial charge in [-0.1, -0.05) is 6.07 Å². The summed E-state index contributed by atoms with van der Waals surface area (Å²) in [6.45, 7) is 0.402. The number of non-ortho nitro benzene ring substituents is 2. The molecule has 0 aromatic heterocycles. The van der Waals surface area contributed by atoms with Crippen LogP contribution in [-0.4, -0.2) is 47.2 Å². The van der Waals surface area contributed by atoms with Gasteiger partial charge in [0, 0.05) is 24.4 Å². The zero-order valence-electron chi connectivity index (χ0n) is 15.6. The topological polar surface area (TPSA) is 125 Å². The van der Waals surface area contributed by atoms with Gasteiger partial charge in [-0.3, -0.25) is 25.0 Å². The van der Waals surface area contributed by atoms with Crippen LogP contribution in [0.3, 0.4) is 0 Å². The molecule has 0 N–H and O–H groups in total. The third-order valence-corrected chi connectivity index (χ3v) is 5.68. The number of nitro groups is 2. The molecule has 152 valence electrons. The molecule has 1 amide bonds. The van der Waals surface area contributed by atoms with E-state index in [1.54, 1.807) is 18.2 Å². The molecule has 0 bridgehead atoms. The van der Waals surface area contributed by atoms with Crippen molar-refractivity contribution in [1.82, 2.24) is 4.90 Å². The molecule has 1 aliphatic heterocycles. The highest BCUT2D eigenvalue weighted by Crippen LogP contribution is 2.42. The van der Waals surface area contributed by atoms with E-state index in [2.05, 4.69) is 0 Å². The van der Waals surface area contributed by atoms with Crippen LogP contribution in [0, 0.1) is 20.2 Å². The molecular formula is C18H17N3O7S. The van der Waals surface area contributed by atoms with Crippen molar-refractivity contribution < 1.29 is 24.1 Å². The Hall–Kier alpha value is -3.34. The lowest BCUT2D eigenvalue weighted by atomic mass is 10.1. The largest absolute Gasteiger partial charge is 0.493 e. The van der Waals surface area contributed by atoms with E-state index in [1.807, 2.05) is 0 Å². The fourth-order valence-electron chi connectivity index (χ4n) is 3.06. The van der Waals surface area contributed by atoms with Gasteiger partial charge in [0.25, 0.3) is 17.3 Å². The Kier molecular flexibility index (Phi) is 5.87. The highest BCUT2D eigenvalue weighted by atomic mass is 32.2. The molecule has 0 spiro atoms. The second-order valence-electron chi connectivity index (χ2n) is 6.09. The molecule has 2 aromatic rings. The van der Waals surface area contributed by atoms with Crippen molar-refractivity contribution in [1.29, 1.82) is 0 Å². The van der Waals surface area contributed by atoms with Gasteiger partial charge in [-0.2, -0.15) is 0 Å². The van der Waals surface area contributed by atoms with Gasteiger partial charge < -0.3 is 14.4 Å². The van der Waals surface area contributed by atoms with E-state index in [0.717, 1.165) is 23.8 Å². The lowest BCUT2D eigenvalue weighted by molar-refractivity contribution is -0.394. The number of hydrogen-bond donors (Lipinski definition) is 0. The fraction of sp³-hybridized carbons (Fsp3) is 0.278. The van der Waals surface area contributed by atoms with E-state index in [1.165, 1.54) is 30.9 Å². The van der Waals surface area contributed by atoms with Gasteiger partial charge in [-0.15, -0.1) is 11.8 Å². The number of rotatable bonds is 6. The monoisotopic (exact) mass is 419 g/mol. The second kappa shape index (κ2) is 8.35. The minimum atomic E-state index is -0.756. The van der Waals surface area contributed by atoms with Crippen LogP contribution < -0.4 is 9.47 Å². The third-order valence-electron chi connectivity index (χ3n) is 4.42. The van der Waals surface area contributed by atoms with Crippen LogP contribution in [0.2, 0.25) is 0 Å². The molecule has 1 aliphatic rings. The highest BCUT2D eigenvalue weighted by Gasteiger charge is 2.33. The van der Waals surface area contributed by atoms with Gasteiger partial charge >= 0.3 is 0 Å². The summed E-state index contributed by atoms with van der Waals surface area (Å²) in [7, 11) is 3.03. The maximum atomic E-state index is 13.1. The summed E-state index contributed by atoms with van der Waals surface area (Å²) in [5, 5.41) is 21.9. The van der Waals surface area contributed by atoms with Gasteiger partial charge in [0.1, 0.15) is 5.37 Å². The molecule has 3 rings (SSSR count). The first-order chi connectivity index (χ1) is 13.8. The van der Waals surface area contributed by atoms with Crippen molar-refractivity contribution in [3.63, 3.8) is 0 Å². The molecule has 2 aromatic carbocycles. The van der Waals surface area contributed by atoms with E-state index in [0.29, 0.717) is 23.8 Å². The van der Waals surface area contributed by atoms with E-state index in [9.17, 15) is 25.0 Å². The van der Waals surface area contributed by atoms with E-state index >= 15 is 0 Å². The lowest BCUT2D eigenvalue weighted by Crippen LogP contribution is -2.30. The summed E-state index contributed by atoms with van der Waals surface area (Å²) < 4.78 is 10.5. The molecule has 10 nitrogen and oxygen atoms in total. The Labute approximate surface area is 169 Å². The fourth-order valence-corrected chi connectivity index (χ4v) is 4.30. The number of carbonyl (C=O) groups is 1. The number of nitro benzene ring substituents is 2. The summed E-state index contributed by atoms with van der Waals surface area (Å²) in [6.07, 6.45) is 0. The molecule has 0 saturated carbocycles. The normalized spacial score (nSPS) is 15.8. The maximum Gasteiger partial charge on any atom is 0.277 e. The Morgan fingerprint density at radius 3 is 2.21 bits per heavy atom. The number of ether oxygens (including phenoxy) is 2. The number of benzene rings is 2. The minimum Gasteiger partial charge on any atom is -0.493 e. The number of thioether (sulfide) groups is 1. The maximum absolute atomic E-state index is 13.1. The predicted octanol–water partition coefficient (Wildman–Crippen LogP) is 3.41. The summed E-state index contributed by atoms with van der Waals surface area (Å²) >= 11 is 1.52. The van der Waals surface area contributed by atoms with E-state index in [-0.39, 0.29) is 10.9 Å². The molecule has 1 saturated heterocycles. The Morgan fingerprint density at radius 2 is 1.66 bits per heavy atom. The summed E-state index contributed by atoms with van der Waals surface area (Å²) in [4.78, 5) is 35.3. The van der Waals surface area contributed by atoms with Gasteiger partial charge in [-0.05, 0) is 17.7 Å². The van der Waals surface area contributed by atoms with E-state index in [4.69, 9.17) is 9.47 Å². The number of methoxy groups -OCH3 is 2. The molecule has 1 heterocycles. The molecule has 0 radical (unpaired) electrons. The molecule has 29 heavy (non-hydrogen) atoms. The predicted molar refractivity (Wildman–Crippen MR) is 106 cm³/mol. The Balaban J connectivity index is 1.97. The van der Waals surface area contributed by atoms with E-state index < -0.39 is 27.1 Å². The third kappa shape index (κ3) is 4.09. The van der Waals surface area contributed by atoms with Crippen molar-refractivity contribution in [2.24, 2.45) is 0 Å². The quantitative estimate of drug-likeness (QED) is 0.515. The summed E-state index contributed by atoms with van der Waals surface area (Å²) in [5.41, 5.74) is -0.313. The van der Waals surface area contributed by atoms with Gasteiger partial charge in [0.2, 0.25) is 0 Å². The van der Waals surface area contributed by atoms with Crippen LogP contribution in [0.4, 0.5) is 11.4 Å². The first-order valence-electron chi connectivity index (χ1n) is 8.44. The van der Waals surface area contributed by atoms with Crippen LogP contribution in [-0.2, 0) is 0 Å². The highest BCUT2D eigenvalue weighted by molar-refractivity contribution is 7.99. The molecule has 0 aliphatic carbocycles. The van der Waals surface area contributed by atoms with Crippen LogP contribution >= 0.6 is 11.8 Å². The number of hydrogen-bond acceptors (Lipinski definition) is 8.